The highest BCUT2D eigenvalue weighted by atomic mass is 16.2. The molecule has 0 bridgehead atoms. The summed E-state index contributed by atoms with van der Waals surface area (Å²) in [5.74, 6) is -0.526. The number of nitrogens with one attached hydrogen (secondary N) is 2. The number of carbonyl (C=O) groups excluding carboxylic acids is 2. The molecule has 1 aromatic heterocycles. The Labute approximate surface area is 136 Å². The van der Waals surface area contributed by atoms with Crippen molar-refractivity contribution in [2.24, 2.45) is 0 Å². The number of hydrogen-bond donors (Lipinski definition) is 2. The smallest absolute Gasteiger partial charge is 0.269 e. The molecule has 0 atom stereocenters. The number of unbranched alkanes of at least 4 members (excludes halogenated alkanes) is 1. The summed E-state index contributed by atoms with van der Waals surface area (Å²) in [6, 6.07) is 10.6. The summed E-state index contributed by atoms with van der Waals surface area (Å²) >= 11 is 0. The molecule has 0 saturated carbocycles. The molecule has 5 heteroatoms. The first-order valence-corrected chi connectivity index (χ1v) is 7.72. The summed E-state index contributed by atoms with van der Waals surface area (Å²) in [7, 11) is 0. The van der Waals surface area contributed by atoms with Gasteiger partial charge in [0.25, 0.3) is 11.8 Å². The highest BCUT2D eigenvalue weighted by Gasteiger charge is 2.11. The van der Waals surface area contributed by atoms with E-state index in [0.29, 0.717) is 17.8 Å². The minimum absolute atomic E-state index is 0.248. The summed E-state index contributed by atoms with van der Waals surface area (Å²) < 4.78 is 0. The number of benzene rings is 1. The maximum absolute atomic E-state index is 12.3. The molecule has 23 heavy (non-hydrogen) atoms. The fraction of sp³-hybridized carbons (Fsp3) is 0.278. The third-order valence-electron chi connectivity index (χ3n) is 3.38. The van der Waals surface area contributed by atoms with Crippen molar-refractivity contribution in [2.75, 3.05) is 11.9 Å². The van der Waals surface area contributed by atoms with Crippen LogP contribution in [0.15, 0.2) is 42.6 Å². The van der Waals surface area contributed by atoms with Crippen LogP contribution in [-0.4, -0.2) is 23.3 Å². The molecular weight excluding hydrogens is 290 g/mol. The van der Waals surface area contributed by atoms with Crippen molar-refractivity contribution in [3.05, 3.63) is 59.4 Å². The van der Waals surface area contributed by atoms with Gasteiger partial charge in [-0.2, -0.15) is 0 Å². The van der Waals surface area contributed by atoms with Crippen LogP contribution in [0.1, 0.15) is 46.2 Å². The molecule has 0 radical (unpaired) electrons. The Hall–Kier alpha value is -2.69. The zero-order valence-electron chi connectivity index (χ0n) is 13.4. The molecule has 2 aromatic rings. The maximum Gasteiger partial charge on any atom is 0.269 e. The molecule has 1 aromatic carbocycles. The monoisotopic (exact) mass is 311 g/mol. The zero-order valence-corrected chi connectivity index (χ0v) is 13.4. The quantitative estimate of drug-likeness (QED) is 0.805. The lowest BCUT2D eigenvalue weighted by Crippen LogP contribution is -2.25. The summed E-state index contributed by atoms with van der Waals surface area (Å²) in [6.45, 7) is 4.65. The van der Waals surface area contributed by atoms with E-state index in [0.717, 1.165) is 18.4 Å². The molecule has 2 rings (SSSR count). The van der Waals surface area contributed by atoms with Gasteiger partial charge >= 0.3 is 0 Å². The van der Waals surface area contributed by atoms with Crippen LogP contribution in [0.25, 0.3) is 0 Å². The number of anilines is 1. The molecule has 0 spiro atoms. The third kappa shape index (κ3) is 4.92. The highest BCUT2D eigenvalue weighted by Crippen LogP contribution is 2.11. The number of nitrogens with zero attached hydrogens (tertiary/aromatic N) is 1. The van der Waals surface area contributed by atoms with E-state index in [1.807, 2.05) is 31.2 Å². The molecule has 0 aliphatic carbocycles. The first-order valence-electron chi connectivity index (χ1n) is 7.72. The number of hydrogen-bond acceptors (Lipinski definition) is 3. The van der Waals surface area contributed by atoms with Crippen molar-refractivity contribution in [1.82, 2.24) is 10.3 Å². The fourth-order valence-electron chi connectivity index (χ4n) is 2.01. The predicted molar refractivity (Wildman–Crippen MR) is 90.6 cm³/mol. The minimum atomic E-state index is -0.265. The number of rotatable bonds is 6. The molecular formula is C18H21N3O2. The average Bonchev–Trinajstić information content (AvgIpc) is 2.57. The lowest BCUT2D eigenvalue weighted by molar-refractivity contribution is 0.0948. The molecule has 0 fully saturated rings. The van der Waals surface area contributed by atoms with E-state index in [1.54, 1.807) is 6.07 Å². The van der Waals surface area contributed by atoms with Gasteiger partial charge in [-0.05, 0) is 37.6 Å². The van der Waals surface area contributed by atoms with Gasteiger partial charge in [0.15, 0.2) is 0 Å². The third-order valence-corrected chi connectivity index (χ3v) is 3.38. The molecule has 1 heterocycles. The second kappa shape index (κ2) is 8.08. The van der Waals surface area contributed by atoms with Crippen molar-refractivity contribution < 1.29 is 9.59 Å². The average molecular weight is 311 g/mol. The van der Waals surface area contributed by atoms with Crippen LogP contribution in [0.3, 0.4) is 0 Å². The Bertz CT molecular complexity index is 681. The molecule has 5 nitrogen and oxygen atoms in total. The largest absolute Gasteiger partial charge is 0.351 e. The molecule has 0 aliphatic heterocycles. The van der Waals surface area contributed by atoms with E-state index in [1.165, 1.54) is 12.3 Å². The van der Waals surface area contributed by atoms with E-state index < -0.39 is 0 Å². The van der Waals surface area contributed by atoms with E-state index in [2.05, 4.69) is 22.5 Å². The Morgan fingerprint density at radius 3 is 2.52 bits per heavy atom. The number of aryl methyl sites for hydroxylation is 1. The van der Waals surface area contributed by atoms with Gasteiger partial charge in [0, 0.05) is 24.0 Å². The molecule has 0 aliphatic rings. The van der Waals surface area contributed by atoms with Gasteiger partial charge in [0.1, 0.15) is 5.69 Å². The van der Waals surface area contributed by atoms with E-state index in [9.17, 15) is 9.59 Å². The number of carbonyl (C=O) groups is 2. The van der Waals surface area contributed by atoms with Crippen molar-refractivity contribution >= 4 is 17.5 Å². The van der Waals surface area contributed by atoms with Crippen LogP contribution in [0.5, 0.6) is 0 Å². The first kappa shape index (κ1) is 16.7. The number of pyridine rings is 1. The summed E-state index contributed by atoms with van der Waals surface area (Å²) in [5, 5.41) is 5.59. The van der Waals surface area contributed by atoms with Gasteiger partial charge in [-0.15, -0.1) is 0 Å². The lowest BCUT2D eigenvalue weighted by Gasteiger charge is -2.07. The van der Waals surface area contributed by atoms with Crippen LogP contribution in [0.4, 0.5) is 5.69 Å². The van der Waals surface area contributed by atoms with Crippen LogP contribution < -0.4 is 10.6 Å². The topological polar surface area (TPSA) is 71.1 Å². The van der Waals surface area contributed by atoms with Gasteiger partial charge in [-0.3, -0.25) is 14.6 Å². The number of amides is 2. The highest BCUT2D eigenvalue weighted by molar-refractivity contribution is 6.05. The van der Waals surface area contributed by atoms with Crippen molar-refractivity contribution in [1.29, 1.82) is 0 Å². The predicted octanol–water partition coefficient (Wildman–Crippen LogP) is 3.17. The molecule has 0 saturated heterocycles. The second-order valence-electron chi connectivity index (χ2n) is 5.36. The van der Waals surface area contributed by atoms with E-state index in [-0.39, 0.29) is 17.5 Å². The van der Waals surface area contributed by atoms with E-state index >= 15 is 0 Å². The minimum Gasteiger partial charge on any atom is -0.351 e. The lowest BCUT2D eigenvalue weighted by atomic mass is 10.2. The summed E-state index contributed by atoms with van der Waals surface area (Å²) in [4.78, 5) is 28.3. The van der Waals surface area contributed by atoms with Gasteiger partial charge in [0.2, 0.25) is 0 Å². The fourth-order valence-corrected chi connectivity index (χ4v) is 2.01. The Morgan fingerprint density at radius 1 is 1.09 bits per heavy atom. The maximum atomic E-state index is 12.3. The Morgan fingerprint density at radius 2 is 1.83 bits per heavy atom. The van der Waals surface area contributed by atoms with Gasteiger partial charge < -0.3 is 10.6 Å². The molecule has 120 valence electrons. The van der Waals surface area contributed by atoms with Crippen molar-refractivity contribution in [2.45, 2.75) is 26.7 Å². The van der Waals surface area contributed by atoms with Gasteiger partial charge in [-0.25, -0.2) is 0 Å². The normalized spacial score (nSPS) is 10.2. The van der Waals surface area contributed by atoms with E-state index in [4.69, 9.17) is 0 Å². The molecule has 2 amide bonds. The second-order valence-corrected chi connectivity index (χ2v) is 5.36. The zero-order chi connectivity index (χ0) is 16.7. The van der Waals surface area contributed by atoms with Crippen LogP contribution in [0, 0.1) is 6.92 Å². The van der Waals surface area contributed by atoms with Crippen LogP contribution in [0.2, 0.25) is 0 Å². The number of aromatic nitrogens is 1. The standard InChI is InChI=1S/C18H21N3O2/c1-3-4-10-20-18(23)16-12-14(9-11-19-16)17(22)21-15-7-5-13(2)6-8-15/h5-9,11-12H,3-4,10H2,1-2H3,(H,20,23)(H,21,22). The van der Waals surface area contributed by atoms with Gasteiger partial charge in [0.05, 0.1) is 0 Å². The summed E-state index contributed by atoms with van der Waals surface area (Å²) in [5.41, 5.74) is 2.49. The first-order chi connectivity index (χ1) is 11.1. The SMILES string of the molecule is CCCCNC(=O)c1cc(C(=O)Nc2ccc(C)cc2)ccn1. The van der Waals surface area contributed by atoms with Crippen LogP contribution in [-0.2, 0) is 0 Å². The Kier molecular flexibility index (Phi) is 5.86. The van der Waals surface area contributed by atoms with Gasteiger partial charge in [-0.1, -0.05) is 31.0 Å². The molecule has 2 N–H and O–H groups in total. The van der Waals surface area contributed by atoms with Crippen molar-refractivity contribution in [3.63, 3.8) is 0 Å². The summed E-state index contributed by atoms with van der Waals surface area (Å²) in [6.07, 6.45) is 3.39. The van der Waals surface area contributed by atoms with Crippen molar-refractivity contribution in [3.8, 4) is 0 Å². The van der Waals surface area contributed by atoms with Crippen LogP contribution >= 0.6 is 0 Å². The Balaban J connectivity index is 2.04. The molecule has 0 unspecified atom stereocenters.